The Labute approximate surface area is 362 Å². The van der Waals surface area contributed by atoms with Gasteiger partial charge >= 0.3 is 11.9 Å². The van der Waals surface area contributed by atoms with Crippen molar-refractivity contribution >= 4 is 17.9 Å². The smallest absolute Gasteiger partial charge is 0.306 e. The van der Waals surface area contributed by atoms with Crippen LogP contribution in [0.4, 0.5) is 0 Å². The lowest BCUT2D eigenvalue weighted by molar-refractivity contribution is -0.889. The number of carboxylic acid groups (broad SMARTS) is 1. The number of unbranched alkanes of at least 4 members (excludes halogenated alkanes) is 19. The summed E-state index contributed by atoms with van der Waals surface area (Å²) in [5.41, 5.74) is 0. The highest BCUT2D eigenvalue weighted by atomic mass is 16.6. The monoisotopic (exact) mass is 828 g/mol. The number of esters is 2. The maximum absolute atomic E-state index is 12.8. The predicted octanol–water partition coefficient (Wildman–Crippen LogP) is 12.0. The SMILES string of the molecule is CC/C=C/C/C=C/C/C=C/CCCCCCCCCCCC(=O)OC(COCCC(C(=O)[O-])[N+](C)(C)C)COC(=O)CCCCC/C=C/C=C/CCCCCCCCC. The van der Waals surface area contributed by atoms with Gasteiger partial charge in [-0.1, -0.05) is 164 Å². The van der Waals surface area contributed by atoms with Crippen molar-refractivity contribution in [3.63, 3.8) is 0 Å². The Hall–Kier alpha value is -2.97. The topological polar surface area (TPSA) is 102 Å². The summed E-state index contributed by atoms with van der Waals surface area (Å²) in [5.74, 6) is -1.78. The number of carbonyl (C=O) groups is 3. The lowest BCUT2D eigenvalue weighted by atomic mass is 10.1. The van der Waals surface area contributed by atoms with E-state index >= 15 is 0 Å². The van der Waals surface area contributed by atoms with E-state index in [1.54, 1.807) is 21.1 Å². The molecule has 0 rings (SSSR count). The number of allylic oxidation sites excluding steroid dienone is 10. The van der Waals surface area contributed by atoms with Gasteiger partial charge in [-0.25, -0.2) is 0 Å². The molecule has 0 heterocycles. The molecule has 2 atom stereocenters. The van der Waals surface area contributed by atoms with Crippen molar-refractivity contribution in [3.05, 3.63) is 60.8 Å². The molecule has 0 fully saturated rings. The number of likely N-dealkylation sites (N-methyl/N-ethyl adjacent to an activating group) is 1. The van der Waals surface area contributed by atoms with Crippen molar-refractivity contribution in [1.29, 1.82) is 0 Å². The quantitative estimate of drug-likeness (QED) is 0.0198. The predicted molar refractivity (Wildman–Crippen MR) is 245 cm³/mol. The molecule has 8 heteroatoms. The first kappa shape index (κ1) is 56.0. The molecule has 0 aliphatic heterocycles. The van der Waals surface area contributed by atoms with Crippen molar-refractivity contribution in [2.45, 2.75) is 206 Å². The number of hydrogen-bond acceptors (Lipinski definition) is 7. The Kier molecular flexibility index (Phi) is 39.6. The van der Waals surface area contributed by atoms with E-state index in [0.29, 0.717) is 12.8 Å². The number of quaternary nitrogens is 1. The number of rotatable bonds is 42. The highest BCUT2D eigenvalue weighted by Gasteiger charge is 2.25. The van der Waals surface area contributed by atoms with Gasteiger partial charge in [-0.15, -0.1) is 0 Å². The summed E-state index contributed by atoms with van der Waals surface area (Å²) in [6.07, 6.45) is 51.0. The molecule has 2 unspecified atom stereocenters. The van der Waals surface area contributed by atoms with Crippen LogP contribution in [0.25, 0.3) is 0 Å². The first-order valence-corrected chi connectivity index (χ1v) is 23.8. The molecule has 59 heavy (non-hydrogen) atoms. The van der Waals surface area contributed by atoms with Crippen LogP contribution in [-0.4, -0.2) is 75.5 Å². The van der Waals surface area contributed by atoms with Crippen LogP contribution < -0.4 is 5.11 Å². The number of aliphatic carboxylic acids is 1. The average molecular weight is 828 g/mol. The minimum Gasteiger partial charge on any atom is -0.544 e. The third kappa shape index (κ3) is 40.2. The average Bonchev–Trinajstić information content (AvgIpc) is 3.19. The highest BCUT2D eigenvalue weighted by molar-refractivity contribution is 5.70. The van der Waals surface area contributed by atoms with E-state index in [1.165, 1.54) is 83.5 Å². The van der Waals surface area contributed by atoms with Crippen molar-refractivity contribution < 1.29 is 38.2 Å². The molecule has 0 spiro atoms. The van der Waals surface area contributed by atoms with E-state index in [4.69, 9.17) is 14.2 Å². The van der Waals surface area contributed by atoms with Gasteiger partial charge in [0.05, 0.1) is 40.3 Å². The molecule has 340 valence electrons. The van der Waals surface area contributed by atoms with Crippen LogP contribution in [-0.2, 0) is 28.6 Å². The zero-order valence-corrected chi connectivity index (χ0v) is 38.7. The van der Waals surface area contributed by atoms with Crippen molar-refractivity contribution in [1.82, 2.24) is 0 Å². The molecule has 0 aromatic rings. The summed E-state index contributed by atoms with van der Waals surface area (Å²) in [4.78, 5) is 36.9. The number of carbonyl (C=O) groups excluding carboxylic acids is 3. The first-order valence-electron chi connectivity index (χ1n) is 23.8. The van der Waals surface area contributed by atoms with Gasteiger partial charge < -0.3 is 28.6 Å². The van der Waals surface area contributed by atoms with Crippen LogP contribution in [0.15, 0.2) is 60.8 Å². The second-order valence-corrected chi connectivity index (χ2v) is 17.0. The van der Waals surface area contributed by atoms with Crippen LogP contribution in [0.2, 0.25) is 0 Å². The Morgan fingerprint density at radius 1 is 0.542 bits per heavy atom. The molecule has 0 radical (unpaired) electrons. The maximum atomic E-state index is 12.8. The van der Waals surface area contributed by atoms with E-state index in [-0.39, 0.29) is 42.7 Å². The molecule has 0 saturated carbocycles. The van der Waals surface area contributed by atoms with Crippen molar-refractivity contribution in [3.8, 4) is 0 Å². The Balaban J connectivity index is 4.35. The summed E-state index contributed by atoms with van der Waals surface area (Å²) in [6, 6.07) is -0.733. The van der Waals surface area contributed by atoms with Crippen LogP contribution in [0.5, 0.6) is 0 Å². The molecule has 8 nitrogen and oxygen atoms in total. The second-order valence-electron chi connectivity index (χ2n) is 17.0. The van der Waals surface area contributed by atoms with Crippen LogP contribution in [0, 0.1) is 0 Å². The van der Waals surface area contributed by atoms with Crippen molar-refractivity contribution in [2.24, 2.45) is 0 Å². The summed E-state index contributed by atoms with van der Waals surface area (Å²) < 4.78 is 17.2. The fourth-order valence-corrected chi connectivity index (χ4v) is 6.72. The van der Waals surface area contributed by atoms with Crippen LogP contribution in [0.3, 0.4) is 0 Å². The Morgan fingerprint density at radius 3 is 1.53 bits per heavy atom. The van der Waals surface area contributed by atoms with Gasteiger partial charge in [0.1, 0.15) is 12.6 Å². The molecule has 0 aliphatic rings. The number of ether oxygens (including phenoxy) is 3. The van der Waals surface area contributed by atoms with Crippen molar-refractivity contribution in [2.75, 3.05) is 41.0 Å². The molecule has 0 aromatic heterocycles. The van der Waals surface area contributed by atoms with Crippen LogP contribution in [0.1, 0.15) is 194 Å². The molecular weight excluding hydrogens is 739 g/mol. The number of carboxylic acids is 1. The first-order chi connectivity index (χ1) is 28.6. The zero-order chi connectivity index (χ0) is 43.5. The minimum absolute atomic E-state index is 0.0284. The zero-order valence-electron chi connectivity index (χ0n) is 38.7. The largest absolute Gasteiger partial charge is 0.544 e. The minimum atomic E-state index is -1.13. The van der Waals surface area contributed by atoms with Gasteiger partial charge in [0, 0.05) is 19.3 Å². The summed E-state index contributed by atoms with van der Waals surface area (Å²) in [6.45, 7) is 4.52. The Morgan fingerprint density at radius 2 is 1.00 bits per heavy atom. The van der Waals surface area contributed by atoms with Gasteiger partial charge in [-0.2, -0.15) is 0 Å². The maximum Gasteiger partial charge on any atom is 0.306 e. The number of nitrogens with zero attached hydrogens (tertiary/aromatic N) is 1. The van der Waals surface area contributed by atoms with E-state index in [2.05, 4.69) is 74.6 Å². The molecular formula is C51H89NO7. The van der Waals surface area contributed by atoms with E-state index in [1.807, 2.05) is 0 Å². The van der Waals surface area contributed by atoms with Gasteiger partial charge in [0.2, 0.25) is 0 Å². The summed E-state index contributed by atoms with van der Waals surface area (Å²) >= 11 is 0. The van der Waals surface area contributed by atoms with Gasteiger partial charge in [0.25, 0.3) is 0 Å². The third-order valence-electron chi connectivity index (χ3n) is 10.4. The molecule has 0 N–H and O–H groups in total. The highest BCUT2D eigenvalue weighted by Crippen LogP contribution is 2.14. The van der Waals surface area contributed by atoms with E-state index in [0.717, 1.165) is 77.0 Å². The second kappa shape index (κ2) is 41.8. The van der Waals surface area contributed by atoms with E-state index in [9.17, 15) is 19.5 Å². The third-order valence-corrected chi connectivity index (χ3v) is 10.4. The normalized spacial score (nSPS) is 13.4. The van der Waals surface area contributed by atoms with Gasteiger partial charge in [-0.05, 0) is 70.6 Å². The lowest BCUT2D eigenvalue weighted by Gasteiger charge is -2.34. The van der Waals surface area contributed by atoms with Gasteiger partial charge in [-0.3, -0.25) is 9.59 Å². The summed E-state index contributed by atoms with van der Waals surface area (Å²) in [5, 5.41) is 11.6. The molecule has 0 amide bonds. The standard InChI is InChI=1S/C51H89NO7/c1-6-8-10-12-14-16-18-20-22-24-25-26-28-30-32-34-36-38-40-42-50(54)59-47(45-57-44-43-48(51(55)56)52(3,4)5)46-58-49(53)41-39-37-35-33-31-29-27-23-21-19-17-15-13-11-9-7-2/h8,10,14,16,20,22-23,27,29,31,47-48H,6-7,9,11-13,15,17-19,21,24-26,28,30,32-46H2,1-5H3/b10-8+,16-14+,22-20+,27-23+,31-29+. The Bertz CT molecular complexity index is 1150. The number of hydrogen-bond donors (Lipinski definition) is 0. The fourth-order valence-electron chi connectivity index (χ4n) is 6.72. The van der Waals surface area contributed by atoms with Crippen LogP contribution >= 0.6 is 0 Å². The molecule has 0 aliphatic carbocycles. The molecule has 0 aromatic carbocycles. The van der Waals surface area contributed by atoms with Gasteiger partial charge in [0.15, 0.2) is 6.10 Å². The lowest BCUT2D eigenvalue weighted by Crippen LogP contribution is -2.55. The van der Waals surface area contributed by atoms with E-state index < -0.39 is 18.1 Å². The molecule has 0 bridgehead atoms. The molecule has 0 saturated heterocycles. The summed E-state index contributed by atoms with van der Waals surface area (Å²) in [7, 11) is 5.40. The fraction of sp³-hybridized carbons (Fsp3) is 0.745.